The van der Waals surface area contributed by atoms with E-state index in [0.717, 1.165) is 283 Å². The summed E-state index contributed by atoms with van der Waals surface area (Å²) in [6.07, 6.45) is 55.0. The fraction of sp³-hybridized carbons (Fsp3) is 0.857. The lowest BCUT2D eigenvalue weighted by atomic mass is 10.0. The Morgan fingerprint density at radius 3 is 0.796 bits per heavy atom. The van der Waals surface area contributed by atoms with E-state index in [4.69, 9.17) is 23.7 Å². The minimum Gasteiger partial charge on any atom is -0.462 e. The summed E-state index contributed by atoms with van der Waals surface area (Å²) < 4.78 is 29.0. The lowest BCUT2D eigenvalue weighted by molar-refractivity contribution is -0.150. The van der Waals surface area contributed by atoms with Crippen molar-refractivity contribution in [3.05, 3.63) is 34.9 Å². The predicted octanol–water partition coefficient (Wildman–Crippen LogP) is 22.3. The van der Waals surface area contributed by atoms with Gasteiger partial charge in [0.25, 0.3) is 11.8 Å². The number of nitrogens with one attached hydrogen (secondary N) is 2. The molecular formula is C91H167N5O12. The standard InChI is InChI=1S/C91H167N5O12/c1-11-19-23-43-57-81(15-5)105-85(97)61-47-35-27-31-39-51-67-95(68-52-40-32-28-36-48-62-86(98)106-82(16-6)58-44-24-20-12-2)71-55-65-92-89(101)78-75-79(77-80(76-78)91(103)104-74-73-94(9)10)90(102)93-66-56-72-96(69-53-41-33-29-37-49-63-87(99)107-83(17-7)59-45-25-21-13-3)70-54-42-34-30-38-50-64-88(100)108-84(18-8)60-46-26-22-14-4/h75-77,81-84H,11-74H2,1-10H3,(H,92,101)(H,93,102). The highest BCUT2D eigenvalue weighted by Gasteiger charge is 2.21. The number of nitrogens with zero attached hydrogens (tertiary/aromatic N) is 3. The smallest absolute Gasteiger partial charge is 0.338 e. The molecule has 2 amide bonds. The number of esters is 5. The van der Waals surface area contributed by atoms with Gasteiger partial charge in [0.2, 0.25) is 0 Å². The summed E-state index contributed by atoms with van der Waals surface area (Å²) in [6, 6.07) is 4.65. The van der Waals surface area contributed by atoms with E-state index in [2.05, 4.69) is 75.8 Å². The van der Waals surface area contributed by atoms with Crippen LogP contribution in [0, 0.1) is 0 Å². The van der Waals surface area contributed by atoms with Crippen LogP contribution in [-0.2, 0) is 42.9 Å². The van der Waals surface area contributed by atoms with Crippen molar-refractivity contribution in [3.63, 3.8) is 0 Å². The molecule has 1 aromatic carbocycles. The van der Waals surface area contributed by atoms with Crippen molar-refractivity contribution in [3.8, 4) is 0 Å². The highest BCUT2D eigenvalue weighted by molar-refractivity contribution is 6.03. The first-order chi connectivity index (χ1) is 52.5. The Hall–Kier alpha value is -4.61. The zero-order valence-corrected chi connectivity index (χ0v) is 71.5. The van der Waals surface area contributed by atoms with Gasteiger partial charge in [0, 0.05) is 56.4 Å². The largest absolute Gasteiger partial charge is 0.462 e. The molecule has 0 spiro atoms. The van der Waals surface area contributed by atoms with E-state index in [-0.39, 0.29) is 83.4 Å². The monoisotopic (exact) mass is 1520 g/mol. The molecule has 2 N–H and O–H groups in total. The maximum absolute atomic E-state index is 14.1. The minimum absolute atomic E-state index is 0.0368. The number of carbonyl (C=O) groups excluding carboxylic acids is 7. The van der Waals surface area contributed by atoms with E-state index >= 15 is 0 Å². The molecule has 0 radical (unpaired) electrons. The summed E-state index contributed by atoms with van der Waals surface area (Å²) >= 11 is 0. The Morgan fingerprint density at radius 1 is 0.296 bits per heavy atom. The van der Waals surface area contributed by atoms with Crippen molar-refractivity contribution >= 4 is 41.7 Å². The number of carbonyl (C=O) groups is 7. The topological polar surface area (TPSA) is 199 Å². The van der Waals surface area contributed by atoms with Crippen LogP contribution in [-0.4, -0.2) is 160 Å². The van der Waals surface area contributed by atoms with Crippen molar-refractivity contribution in [1.29, 1.82) is 0 Å². The number of unbranched alkanes of at least 4 members (excludes halogenated alkanes) is 32. The fourth-order valence-corrected chi connectivity index (χ4v) is 14.1. The van der Waals surface area contributed by atoms with Gasteiger partial charge in [-0.05, 0) is 213 Å². The number of benzene rings is 1. The molecule has 1 rings (SSSR count). The summed E-state index contributed by atoms with van der Waals surface area (Å²) in [7, 11) is 3.81. The van der Waals surface area contributed by atoms with Gasteiger partial charge in [-0.3, -0.25) is 28.8 Å². The fourth-order valence-electron chi connectivity index (χ4n) is 14.1. The lowest BCUT2D eigenvalue weighted by Crippen LogP contribution is -2.32. The van der Waals surface area contributed by atoms with Crippen LogP contribution >= 0.6 is 0 Å². The van der Waals surface area contributed by atoms with Crippen LogP contribution in [0.1, 0.15) is 433 Å². The first-order valence-corrected chi connectivity index (χ1v) is 45.3. The van der Waals surface area contributed by atoms with Gasteiger partial charge in [-0.25, -0.2) is 4.79 Å². The lowest BCUT2D eigenvalue weighted by Gasteiger charge is -2.22. The second-order valence-electron chi connectivity index (χ2n) is 31.6. The summed E-state index contributed by atoms with van der Waals surface area (Å²) in [6.45, 7) is 24.3. The molecular weight excluding hydrogens is 1360 g/mol. The molecule has 108 heavy (non-hydrogen) atoms. The zero-order valence-electron chi connectivity index (χ0n) is 71.5. The normalized spacial score (nSPS) is 12.7. The van der Waals surface area contributed by atoms with Gasteiger partial charge in [0.15, 0.2) is 0 Å². The second-order valence-corrected chi connectivity index (χ2v) is 31.6. The second kappa shape index (κ2) is 72.6. The maximum Gasteiger partial charge on any atom is 0.338 e. The van der Waals surface area contributed by atoms with Crippen LogP contribution < -0.4 is 10.6 Å². The highest BCUT2D eigenvalue weighted by Crippen LogP contribution is 2.21. The van der Waals surface area contributed by atoms with Crippen LogP contribution in [0.4, 0.5) is 0 Å². The van der Waals surface area contributed by atoms with Gasteiger partial charge >= 0.3 is 29.8 Å². The number of ether oxygens (including phenoxy) is 5. The molecule has 0 aliphatic rings. The summed E-state index contributed by atoms with van der Waals surface area (Å²) in [5.41, 5.74) is 0.623. The molecule has 17 heteroatoms. The molecule has 0 bridgehead atoms. The first kappa shape index (κ1) is 101. The third kappa shape index (κ3) is 59.2. The number of rotatable bonds is 78. The van der Waals surface area contributed by atoms with Gasteiger partial charge in [0.1, 0.15) is 31.0 Å². The molecule has 0 aliphatic heterocycles. The molecule has 0 saturated heterocycles. The molecule has 4 unspecified atom stereocenters. The van der Waals surface area contributed by atoms with Gasteiger partial charge in [-0.2, -0.15) is 0 Å². The van der Waals surface area contributed by atoms with Gasteiger partial charge in [-0.15, -0.1) is 0 Å². The Kier molecular flexibility index (Phi) is 68.2. The van der Waals surface area contributed by atoms with Gasteiger partial charge in [0.05, 0.1) is 5.56 Å². The van der Waals surface area contributed by atoms with Gasteiger partial charge < -0.3 is 49.0 Å². The first-order valence-electron chi connectivity index (χ1n) is 45.3. The van der Waals surface area contributed by atoms with Crippen molar-refractivity contribution in [2.75, 3.05) is 79.6 Å². The Balaban J connectivity index is 3.03. The van der Waals surface area contributed by atoms with Crippen LogP contribution in [0.15, 0.2) is 18.2 Å². The zero-order chi connectivity index (χ0) is 79.1. The number of likely N-dealkylation sites (N-methyl/N-ethyl adjacent to an activating group) is 1. The Morgan fingerprint density at radius 2 is 0.537 bits per heavy atom. The Labute approximate surface area is 662 Å². The number of hydrogen-bond donors (Lipinski definition) is 2. The average Bonchev–Trinajstić information content (AvgIpc) is 0.827. The Bertz CT molecular complexity index is 2110. The molecule has 4 atom stereocenters. The molecule has 0 fully saturated rings. The molecule has 0 heterocycles. The van der Waals surface area contributed by atoms with Crippen LogP contribution in [0.2, 0.25) is 0 Å². The van der Waals surface area contributed by atoms with E-state index in [0.29, 0.717) is 45.3 Å². The molecule has 628 valence electrons. The predicted molar refractivity (Wildman–Crippen MR) is 447 cm³/mol. The summed E-state index contributed by atoms with van der Waals surface area (Å²) in [4.78, 5) is 99.4. The summed E-state index contributed by atoms with van der Waals surface area (Å²) in [5, 5.41) is 6.23. The maximum atomic E-state index is 14.1. The molecule has 0 saturated carbocycles. The van der Waals surface area contributed by atoms with E-state index in [1.807, 2.05) is 19.0 Å². The molecule has 0 aromatic heterocycles. The molecule has 17 nitrogen and oxygen atoms in total. The molecule has 1 aromatic rings. The highest BCUT2D eigenvalue weighted by atomic mass is 16.6. The SMILES string of the molecule is CCCCCCC(CC)OC(=O)CCCCCCCCN(CCCCCCCCC(=O)OC(CC)CCCCCC)CCCNC(=O)c1cc(C(=O)NCCCN(CCCCCCCCC(=O)OC(CC)CCCCCC)CCCCCCCCC(=O)OC(CC)CCCCCC)cc(C(=O)OCCN(C)C)c1. The third-order valence-electron chi connectivity index (χ3n) is 21.3. The van der Waals surface area contributed by atoms with Crippen molar-refractivity contribution in [1.82, 2.24) is 25.3 Å². The number of amides is 2. The molecule has 0 aliphatic carbocycles. The minimum atomic E-state index is -0.587. The van der Waals surface area contributed by atoms with Crippen molar-refractivity contribution in [2.45, 2.75) is 427 Å². The van der Waals surface area contributed by atoms with Crippen molar-refractivity contribution < 1.29 is 57.2 Å². The van der Waals surface area contributed by atoms with Crippen LogP contribution in [0.5, 0.6) is 0 Å². The van der Waals surface area contributed by atoms with Crippen LogP contribution in [0.3, 0.4) is 0 Å². The number of hydrogen-bond acceptors (Lipinski definition) is 15. The van der Waals surface area contributed by atoms with E-state index < -0.39 is 5.97 Å². The van der Waals surface area contributed by atoms with Crippen molar-refractivity contribution in [2.24, 2.45) is 0 Å². The van der Waals surface area contributed by atoms with E-state index in [1.165, 1.54) is 89.2 Å². The summed E-state index contributed by atoms with van der Waals surface area (Å²) in [5.74, 6) is -1.51. The van der Waals surface area contributed by atoms with E-state index in [9.17, 15) is 33.6 Å². The third-order valence-corrected chi connectivity index (χ3v) is 21.3. The van der Waals surface area contributed by atoms with E-state index in [1.54, 1.807) is 6.07 Å². The van der Waals surface area contributed by atoms with Gasteiger partial charge in [-0.1, -0.05) is 235 Å². The quantitative estimate of drug-likeness (QED) is 0.0354. The van der Waals surface area contributed by atoms with Crippen LogP contribution in [0.25, 0.3) is 0 Å². The average molecular weight is 1520 g/mol.